The first-order valence-corrected chi connectivity index (χ1v) is 10.8. The molecule has 1 atom stereocenters. The molecule has 2 aliphatic rings. The molecule has 148 valence electrons. The number of nitrogens with one attached hydrogen (secondary N) is 2. The van der Waals surface area contributed by atoms with E-state index in [4.69, 9.17) is 34.7 Å². The quantitative estimate of drug-likeness (QED) is 0.517. The predicted molar refractivity (Wildman–Crippen MR) is 117 cm³/mol. The highest BCUT2D eigenvalue weighted by atomic mass is 79.9. The van der Waals surface area contributed by atoms with Crippen molar-refractivity contribution < 1.29 is 0 Å². The lowest BCUT2D eigenvalue weighted by atomic mass is 9.78. The van der Waals surface area contributed by atoms with Crippen LogP contribution in [0.2, 0.25) is 10.0 Å². The molecule has 27 heavy (non-hydrogen) atoms. The maximum absolute atomic E-state index is 6.69. The van der Waals surface area contributed by atoms with Crippen LogP contribution in [0.1, 0.15) is 37.7 Å². The number of aliphatic imine (C=N–C) groups is 1. The van der Waals surface area contributed by atoms with Crippen molar-refractivity contribution in [3.8, 4) is 0 Å². The molecule has 1 aromatic carbocycles. The zero-order valence-corrected chi connectivity index (χ0v) is 18.2. The highest BCUT2D eigenvalue weighted by molar-refractivity contribution is 9.11. The lowest BCUT2D eigenvalue weighted by molar-refractivity contribution is 0.230. The summed E-state index contributed by atoms with van der Waals surface area (Å²) in [7, 11) is 0. The smallest absolute Gasteiger partial charge is 0.197 e. The number of halogens is 3. The van der Waals surface area contributed by atoms with Gasteiger partial charge in [-0.05, 0) is 84.1 Å². The Kier molecular flexibility index (Phi) is 7.08. The molecule has 1 unspecified atom stereocenters. The van der Waals surface area contributed by atoms with Gasteiger partial charge in [0.15, 0.2) is 5.96 Å². The van der Waals surface area contributed by atoms with Gasteiger partial charge in [0.25, 0.3) is 0 Å². The second-order valence-electron chi connectivity index (χ2n) is 7.46. The van der Waals surface area contributed by atoms with E-state index in [0.29, 0.717) is 34.4 Å². The van der Waals surface area contributed by atoms with Crippen LogP contribution < -0.4 is 22.1 Å². The fraction of sp³-hybridized carbons (Fsp3) is 0.526. The van der Waals surface area contributed by atoms with Crippen molar-refractivity contribution >= 4 is 45.1 Å². The number of nitrogens with zero attached hydrogens (tertiary/aromatic N) is 1. The summed E-state index contributed by atoms with van der Waals surface area (Å²) in [6.45, 7) is 1.23. The Bertz CT molecular complexity index is 731. The SMILES string of the molecule is NCC1CCC(CC2(N)NC(=NCc3ccc(Cl)cc3Cl)NC=C2Br)CC1. The van der Waals surface area contributed by atoms with Crippen LogP contribution in [0, 0.1) is 11.8 Å². The van der Waals surface area contributed by atoms with E-state index in [0.717, 1.165) is 23.0 Å². The highest BCUT2D eigenvalue weighted by Gasteiger charge is 2.36. The molecule has 0 aromatic heterocycles. The summed E-state index contributed by atoms with van der Waals surface area (Å²) in [4.78, 5) is 4.60. The zero-order chi connectivity index (χ0) is 19.4. The summed E-state index contributed by atoms with van der Waals surface area (Å²) in [5.41, 5.74) is 12.8. The summed E-state index contributed by atoms with van der Waals surface area (Å²) >= 11 is 15.8. The van der Waals surface area contributed by atoms with Crippen molar-refractivity contribution in [1.82, 2.24) is 10.6 Å². The van der Waals surface area contributed by atoms with Crippen molar-refractivity contribution in [2.75, 3.05) is 6.54 Å². The van der Waals surface area contributed by atoms with E-state index >= 15 is 0 Å². The molecule has 1 aromatic rings. The van der Waals surface area contributed by atoms with Crippen molar-refractivity contribution in [1.29, 1.82) is 0 Å². The average molecular weight is 475 g/mol. The minimum Gasteiger partial charge on any atom is -0.334 e. The van der Waals surface area contributed by atoms with Crippen LogP contribution >= 0.6 is 39.1 Å². The summed E-state index contributed by atoms with van der Waals surface area (Å²) in [5.74, 6) is 1.88. The number of benzene rings is 1. The van der Waals surface area contributed by atoms with E-state index in [1.54, 1.807) is 6.07 Å². The molecule has 0 amide bonds. The Balaban J connectivity index is 1.65. The van der Waals surface area contributed by atoms with Gasteiger partial charge >= 0.3 is 0 Å². The zero-order valence-electron chi connectivity index (χ0n) is 15.1. The third kappa shape index (κ3) is 5.39. The van der Waals surface area contributed by atoms with Gasteiger partial charge in [-0.25, -0.2) is 4.99 Å². The fourth-order valence-corrected chi connectivity index (χ4v) is 4.59. The average Bonchev–Trinajstić information content (AvgIpc) is 2.64. The Morgan fingerprint density at radius 1 is 1.19 bits per heavy atom. The molecule has 1 aliphatic carbocycles. The maximum atomic E-state index is 6.69. The number of hydrogen-bond acceptors (Lipinski definition) is 3. The molecule has 0 spiro atoms. The topological polar surface area (TPSA) is 88.5 Å². The van der Waals surface area contributed by atoms with Crippen LogP contribution in [0.4, 0.5) is 0 Å². The third-order valence-corrected chi connectivity index (χ3v) is 6.96. The van der Waals surface area contributed by atoms with Gasteiger partial charge in [-0.1, -0.05) is 29.3 Å². The molecule has 0 radical (unpaired) electrons. The van der Waals surface area contributed by atoms with Gasteiger partial charge in [0.2, 0.25) is 0 Å². The van der Waals surface area contributed by atoms with Crippen molar-refractivity contribution in [3.05, 3.63) is 44.5 Å². The fourth-order valence-electron chi connectivity index (χ4n) is 3.74. The summed E-state index contributed by atoms with van der Waals surface area (Å²) in [6.07, 6.45) is 7.43. The van der Waals surface area contributed by atoms with E-state index in [2.05, 4.69) is 31.6 Å². The van der Waals surface area contributed by atoms with Crippen molar-refractivity contribution in [3.63, 3.8) is 0 Å². The van der Waals surface area contributed by atoms with E-state index in [9.17, 15) is 0 Å². The largest absolute Gasteiger partial charge is 0.334 e. The van der Waals surface area contributed by atoms with Gasteiger partial charge in [-0.3, -0.25) is 0 Å². The number of nitrogens with two attached hydrogens (primary N) is 2. The van der Waals surface area contributed by atoms with Gasteiger partial charge < -0.3 is 22.1 Å². The van der Waals surface area contributed by atoms with Crippen molar-refractivity contribution in [2.24, 2.45) is 28.3 Å². The third-order valence-electron chi connectivity index (χ3n) is 5.44. The molecule has 0 saturated heterocycles. The standard InChI is InChI=1S/C19H26BrCl2N5/c20-17-11-26-18(25-10-14-5-6-15(21)7-16(14)22)27-19(17,24)8-12-1-3-13(9-23)4-2-12/h5-7,11-13H,1-4,8-10,23-24H2,(H2,25,26,27). The van der Waals surface area contributed by atoms with Gasteiger partial charge in [0, 0.05) is 16.2 Å². The molecular formula is C19H26BrCl2N5. The monoisotopic (exact) mass is 473 g/mol. The van der Waals surface area contributed by atoms with E-state index in [1.165, 1.54) is 25.7 Å². The number of hydrogen-bond donors (Lipinski definition) is 4. The van der Waals surface area contributed by atoms with Gasteiger partial charge in [0.05, 0.1) is 11.0 Å². The van der Waals surface area contributed by atoms with Gasteiger partial charge in [0.1, 0.15) is 5.66 Å². The molecular weight excluding hydrogens is 449 g/mol. The van der Waals surface area contributed by atoms with E-state index in [-0.39, 0.29) is 0 Å². The maximum Gasteiger partial charge on any atom is 0.197 e. The van der Waals surface area contributed by atoms with Gasteiger partial charge in [-0.15, -0.1) is 0 Å². The summed E-state index contributed by atoms with van der Waals surface area (Å²) in [6, 6.07) is 5.42. The predicted octanol–water partition coefficient (Wildman–Crippen LogP) is 4.09. The van der Waals surface area contributed by atoms with E-state index in [1.807, 2.05) is 18.3 Å². The molecule has 6 N–H and O–H groups in total. The molecule has 8 heteroatoms. The lowest BCUT2D eigenvalue weighted by Crippen LogP contribution is -2.62. The first kappa shape index (κ1) is 20.9. The van der Waals surface area contributed by atoms with Crippen LogP contribution in [-0.4, -0.2) is 18.2 Å². The Labute approximate surface area is 179 Å². The number of rotatable bonds is 5. The lowest BCUT2D eigenvalue weighted by Gasteiger charge is -2.39. The minimum absolute atomic E-state index is 0.439. The second kappa shape index (κ2) is 9.14. The normalized spacial score (nSPS) is 29.8. The van der Waals surface area contributed by atoms with Crippen LogP contribution in [0.5, 0.6) is 0 Å². The molecule has 0 bridgehead atoms. The van der Waals surface area contributed by atoms with Gasteiger partial charge in [-0.2, -0.15) is 0 Å². The van der Waals surface area contributed by atoms with Crippen LogP contribution in [-0.2, 0) is 6.54 Å². The van der Waals surface area contributed by atoms with E-state index < -0.39 is 5.66 Å². The molecule has 1 aliphatic heterocycles. The molecule has 5 nitrogen and oxygen atoms in total. The first-order chi connectivity index (χ1) is 12.9. The molecule has 3 rings (SSSR count). The van der Waals surface area contributed by atoms with Crippen LogP contribution in [0.15, 0.2) is 33.9 Å². The Hall–Kier alpha value is -0.790. The first-order valence-electron chi connectivity index (χ1n) is 9.28. The molecule has 1 fully saturated rings. The van der Waals surface area contributed by atoms with Crippen LogP contribution in [0.3, 0.4) is 0 Å². The molecule has 1 heterocycles. The minimum atomic E-state index is -0.659. The molecule has 1 saturated carbocycles. The summed E-state index contributed by atoms with van der Waals surface area (Å²) < 4.78 is 0.902. The van der Waals surface area contributed by atoms with Crippen LogP contribution in [0.25, 0.3) is 0 Å². The number of guanidine groups is 1. The van der Waals surface area contributed by atoms with Crippen molar-refractivity contribution in [2.45, 2.75) is 44.3 Å². The Morgan fingerprint density at radius 2 is 1.89 bits per heavy atom. The Morgan fingerprint density at radius 3 is 2.56 bits per heavy atom. The summed E-state index contributed by atoms with van der Waals surface area (Å²) in [5, 5.41) is 7.72. The second-order valence-corrected chi connectivity index (χ2v) is 9.16. The highest BCUT2D eigenvalue weighted by Crippen LogP contribution is 2.35.